The van der Waals surface area contributed by atoms with Crippen molar-refractivity contribution in [3.63, 3.8) is 0 Å². The van der Waals surface area contributed by atoms with Gasteiger partial charge < -0.3 is 10.2 Å². The number of pyridine rings is 1. The molecule has 0 saturated carbocycles. The zero-order valence-electron chi connectivity index (χ0n) is 11.1. The molecule has 0 aliphatic carbocycles. The smallest absolute Gasteiger partial charge is 0.149 e. The van der Waals surface area contributed by atoms with Crippen LogP contribution in [0.15, 0.2) is 30.3 Å². The summed E-state index contributed by atoms with van der Waals surface area (Å²) in [5.41, 5.74) is 0.965. The lowest BCUT2D eigenvalue weighted by Gasteiger charge is -2.20. The molecule has 1 aromatic heterocycles. The lowest BCUT2D eigenvalue weighted by Crippen LogP contribution is -2.18. The Balaban J connectivity index is 2.24. The topological polar surface area (TPSA) is 28.2 Å². The van der Waals surface area contributed by atoms with E-state index in [-0.39, 0.29) is 5.82 Å². The SMILES string of the molecule is CNc1nc(N(C)Cc2ccc(F)cc2)c(Cl)cc1Cl. The van der Waals surface area contributed by atoms with Crippen molar-refractivity contribution < 1.29 is 4.39 Å². The van der Waals surface area contributed by atoms with Crippen LogP contribution in [0, 0.1) is 5.82 Å². The lowest BCUT2D eigenvalue weighted by atomic mass is 10.2. The Morgan fingerprint density at radius 2 is 1.85 bits per heavy atom. The van der Waals surface area contributed by atoms with Crippen LogP contribution in [-0.4, -0.2) is 19.1 Å². The van der Waals surface area contributed by atoms with Crippen LogP contribution in [0.25, 0.3) is 0 Å². The van der Waals surface area contributed by atoms with E-state index in [0.717, 1.165) is 5.56 Å². The van der Waals surface area contributed by atoms with Crippen LogP contribution >= 0.6 is 23.2 Å². The minimum atomic E-state index is -0.253. The highest BCUT2D eigenvalue weighted by Crippen LogP contribution is 2.31. The maximum atomic E-state index is 12.9. The van der Waals surface area contributed by atoms with Crippen LogP contribution in [0.2, 0.25) is 10.0 Å². The molecule has 2 rings (SSSR count). The quantitative estimate of drug-likeness (QED) is 0.916. The Morgan fingerprint density at radius 3 is 2.45 bits per heavy atom. The van der Waals surface area contributed by atoms with Gasteiger partial charge in [0, 0.05) is 20.6 Å². The highest BCUT2D eigenvalue weighted by molar-refractivity contribution is 6.37. The molecular weight excluding hydrogens is 300 g/mol. The molecule has 0 fully saturated rings. The van der Waals surface area contributed by atoms with Gasteiger partial charge in [-0.2, -0.15) is 0 Å². The highest BCUT2D eigenvalue weighted by Gasteiger charge is 2.12. The zero-order chi connectivity index (χ0) is 14.7. The molecule has 0 aliphatic rings. The number of halogens is 3. The van der Waals surface area contributed by atoms with Gasteiger partial charge in [0.25, 0.3) is 0 Å². The van der Waals surface area contributed by atoms with E-state index in [0.29, 0.717) is 28.2 Å². The third kappa shape index (κ3) is 3.32. The number of nitrogens with zero attached hydrogens (tertiary/aromatic N) is 2. The van der Waals surface area contributed by atoms with Crippen molar-refractivity contribution in [2.24, 2.45) is 0 Å². The Kier molecular flexibility index (Phi) is 4.68. The van der Waals surface area contributed by atoms with Gasteiger partial charge in [-0.1, -0.05) is 35.3 Å². The molecule has 0 spiro atoms. The molecule has 1 aromatic carbocycles. The maximum Gasteiger partial charge on any atom is 0.149 e. The predicted octanol–water partition coefficient (Wildman–Crippen LogP) is 4.21. The molecule has 1 N–H and O–H groups in total. The predicted molar refractivity (Wildman–Crippen MR) is 82.3 cm³/mol. The Hall–Kier alpha value is -1.52. The summed E-state index contributed by atoms with van der Waals surface area (Å²) in [6.07, 6.45) is 0. The van der Waals surface area contributed by atoms with Gasteiger partial charge in [-0.3, -0.25) is 0 Å². The van der Waals surface area contributed by atoms with E-state index in [2.05, 4.69) is 10.3 Å². The first-order chi connectivity index (χ1) is 9.51. The Labute approximate surface area is 127 Å². The van der Waals surface area contributed by atoms with Crippen LogP contribution in [0.5, 0.6) is 0 Å². The van der Waals surface area contributed by atoms with E-state index < -0.39 is 0 Å². The number of benzene rings is 1. The van der Waals surface area contributed by atoms with Crippen LogP contribution in [0.3, 0.4) is 0 Å². The van der Waals surface area contributed by atoms with Gasteiger partial charge in [0.05, 0.1) is 10.0 Å². The number of aromatic nitrogens is 1. The second-order valence-corrected chi connectivity index (χ2v) is 5.17. The van der Waals surface area contributed by atoms with Crippen LogP contribution < -0.4 is 10.2 Å². The molecule has 0 unspecified atom stereocenters. The van der Waals surface area contributed by atoms with Gasteiger partial charge >= 0.3 is 0 Å². The molecule has 2 aromatic rings. The molecule has 6 heteroatoms. The van der Waals surface area contributed by atoms with Gasteiger partial charge in [-0.15, -0.1) is 0 Å². The van der Waals surface area contributed by atoms with Crippen molar-refractivity contribution in [2.45, 2.75) is 6.54 Å². The Bertz CT molecular complexity index is 602. The van der Waals surface area contributed by atoms with Crippen molar-refractivity contribution in [1.82, 2.24) is 4.98 Å². The van der Waals surface area contributed by atoms with E-state index in [1.807, 2.05) is 11.9 Å². The van der Waals surface area contributed by atoms with Gasteiger partial charge in [-0.05, 0) is 23.8 Å². The molecule has 0 saturated heterocycles. The zero-order valence-corrected chi connectivity index (χ0v) is 12.6. The first kappa shape index (κ1) is 14.9. The molecule has 0 amide bonds. The summed E-state index contributed by atoms with van der Waals surface area (Å²) < 4.78 is 12.9. The number of hydrogen-bond donors (Lipinski definition) is 1. The summed E-state index contributed by atoms with van der Waals surface area (Å²) in [7, 11) is 3.61. The maximum absolute atomic E-state index is 12.9. The molecule has 0 atom stereocenters. The molecule has 20 heavy (non-hydrogen) atoms. The number of hydrogen-bond acceptors (Lipinski definition) is 3. The fourth-order valence-corrected chi connectivity index (χ4v) is 2.44. The van der Waals surface area contributed by atoms with E-state index in [1.165, 1.54) is 12.1 Å². The molecular formula is C14H14Cl2FN3. The van der Waals surface area contributed by atoms with Gasteiger partial charge in [-0.25, -0.2) is 9.37 Å². The molecule has 1 heterocycles. The average molecular weight is 314 g/mol. The van der Waals surface area contributed by atoms with Gasteiger partial charge in [0.15, 0.2) is 0 Å². The second-order valence-electron chi connectivity index (χ2n) is 4.36. The molecule has 0 aliphatic heterocycles. The number of nitrogens with one attached hydrogen (secondary N) is 1. The highest BCUT2D eigenvalue weighted by atomic mass is 35.5. The van der Waals surface area contributed by atoms with Crippen molar-refractivity contribution in [1.29, 1.82) is 0 Å². The minimum Gasteiger partial charge on any atom is -0.372 e. The van der Waals surface area contributed by atoms with Crippen LogP contribution in [0.1, 0.15) is 5.56 Å². The third-order valence-electron chi connectivity index (χ3n) is 2.84. The van der Waals surface area contributed by atoms with Gasteiger partial charge in [0.1, 0.15) is 17.5 Å². The van der Waals surface area contributed by atoms with Crippen LogP contribution in [0.4, 0.5) is 16.0 Å². The average Bonchev–Trinajstić information content (AvgIpc) is 2.41. The first-order valence-corrected chi connectivity index (χ1v) is 6.76. The summed E-state index contributed by atoms with van der Waals surface area (Å²) in [5.74, 6) is 0.929. The second kappa shape index (κ2) is 6.29. The van der Waals surface area contributed by atoms with Crippen molar-refractivity contribution in [3.05, 3.63) is 51.8 Å². The molecule has 106 valence electrons. The van der Waals surface area contributed by atoms with E-state index in [9.17, 15) is 4.39 Å². The summed E-state index contributed by atoms with van der Waals surface area (Å²) in [6, 6.07) is 7.97. The molecule has 0 bridgehead atoms. The number of rotatable bonds is 4. The first-order valence-electron chi connectivity index (χ1n) is 6.00. The molecule has 0 radical (unpaired) electrons. The monoisotopic (exact) mass is 313 g/mol. The summed E-state index contributed by atoms with van der Waals surface area (Å²) in [5, 5.41) is 3.85. The summed E-state index contributed by atoms with van der Waals surface area (Å²) in [6.45, 7) is 0.567. The standard InChI is InChI=1S/C14H14Cl2FN3/c1-18-13-11(15)7-12(16)14(19-13)20(2)8-9-3-5-10(17)6-4-9/h3-7H,8H2,1-2H3,(H,18,19). The lowest BCUT2D eigenvalue weighted by molar-refractivity contribution is 0.627. The van der Waals surface area contributed by atoms with Crippen LogP contribution in [-0.2, 0) is 6.54 Å². The fourth-order valence-electron chi connectivity index (χ4n) is 1.84. The van der Waals surface area contributed by atoms with E-state index >= 15 is 0 Å². The largest absolute Gasteiger partial charge is 0.372 e. The van der Waals surface area contributed by atoms with Crippen molar-refractivity contribution in [2.75, 3.05) is 24.3 Å². The summed E-state index contributed by atoms with van der Waals surface area (Å²) >= 11 is 12.2. The third-order valence-corrected chi connectivity index (χ3v) is 3.41. The van der Waals surface area contributed by atoms with E-state index in [1.54, 1.807) is 25.2 Å². The molecule has 3 nitrogen and oxygen atoms in total. The van der Waals surface area contributed by atoms with E-state index in [4.69, 9.17) is 23.2 Å². The minimum absolute atomic E-state index is 0.253. The normalized spacial score (nSPS) is 10.4. The fraction of sp³-hybridized carbons (Fsp3) is 0.214. The summed E-state index contributed by atoms with van der Waals surface area (Å²) in [4.78, 5) is 6.26. The number of anilines is 2. The Morgan fingerprint density at radius 1 is 1.20 bits per heavy atom. The van der Waals surface area contributed by atoms with Gasteiger partial charge in [0.2, 0.25) is 0 Å². The van der Waals surface area contributed by atoms with Crippen molar-refractivity contribution in [3.8, 4) is 0 Å². The van der Waals surface area contributed by atoms with Crippen molar-refractivity contribution >= 4 is 34.8 Å².